The monoisotopic (exact) mass is 385 g/mol. The lowest BCUT2D eigenvalue weighted by molar-refractivity contribution is -0.141. The molecule has 28 heavy (non-hydrogen) atoms. The quantitative estimate of drug-likeness (QED) is 0.713. The minimum atomic E-state index is -1.02. The molecule has 2 atom stereocenters. The van der Waals surface area contributed by atoms with Crippen molar-refractivity contribution >= 4 is 29.6 Å². The maximum absolute atomic E-state index is 12.8. The van der Waals surface area contributed by atoms with Gasteiger partial charge < -0.3 is 14.9 Å². The number of carboxylic acids is 1. The van der Waals surface area contributed by atoms with Crippen LogP contribution in [0.3, 0.4) is 0 Å². The fraction of sp³-hybridized carbons (Fsp3) is 0.421. The van der Waals surface area contributed by atoms with Crippen LogP contribution < -0.4 is 5.32 Å². The highest BCUT2D eigenvalue weighted by Crippen LogP contribution is 2.29. The van der Waals surface area contributed by atoms with E-state index in [1.807, 2.05) is 0 Å². The summed E-state index contributed by atoms with van der Waals surface area (Å²) in [4.78, 5) is 63.0. The van der Waals surface area contributed by atoms with Crippen molar-refractivity contribution in [2.45, 2.75) is 44.3 Å². The second kappa shape index (κ2) is 6.74. The van der Waals surface area contributed by atoms with E-state index in [1.54, 1.807) is 12.1 Å². The molecule has 0 saturated carbocycles. The van der Waals surface area contributed by atoms with Gasteiger partial charge in [-0.05, 0) is 43.0 Å². The number of hydrogen-bond acceptors (Lipinski definition) is 5. The molecular weight excluding hydrogens is 366 g/mol. The molecule has 1 unspecified atom stereocenters. The summed E-state index contributed by atoms with van der Waals surface area (Å²) in [7, 11) is 0. The van der Waals surface area contributed by atoms with Crippen molar-refractivity contribution in [3.05, 3.63) is 34.9 Å². The summed E-state index contributed by atoms with van der Waals surface area (Å²) in [6.45, 7) is 0.554. The molecular formula is C19H19N3O6. The van der Waals surface area contributed by atoms with E-state index in [9.17, 15) is 29.1 Å². The van der Waals surface area contributed by atoms with E-state index in [2.05, 4.69) is 5.32 Å². The van der Waals surface area contributed by atoms with Crippen molar-refractivity contribution in [2.24, 2.45) is 0 Å². The summed E-state index contributed by atoms with van der Waals surface area (Å²) in [5.41, 5.74) is 1.36. The molecule has 9 nitrogen and oxygen atoms in total. The van der Waals surface area contributed by atoms with Crippen LogP contribution in [0.2, 0.25) is 0 Å². The Morgan fingerprint density at radius 2 is 1.93 bits per heavy atom. The Hall–Kier alpha value is -3.23. The summed E-state index contributed by atoms with van der Waals surface area (Å²) in [6, 6.07) is 3.11. The highest BCUT2D eigenvalue weighted by Gasteiger charge is 2.40. The third-order valence-electron chi connectivity index (χ3n) is 5.57. The van der Waals surface area contributed by atoms with E-state index in [0.29, 0.717) is 36.1 Å². The average molecular weight is 385 g/mol. The number of imide groups is 1. The lowest BCUT2D eigenvalue weighted by Crippen LogP contribution is -2.52. The van der Waals surface area contributed by atoms with Crippen LogP contribution in [0.1, 0.15) is 52.0 Å². The van der Waals surface area contributed by atoms with Gasteiger partial charge in [0, 0.05) is 30.6 Å². The molecule has 0 bridgehead atoms. The van der Waals surface area contributed by atoms with Crippen LogP contribution in [0, 0.1) is 0 Å². The lowest BCUT2D eigenvalue weighted by atomic mass is 10.0. The van der Waals surface area contributed by atoms with Crippen LogP contribution in [0.15, 0.2) is 18.2 Å². The number of rotatable bonds is 3. The van der Waals surface area contributed by atoms with E-state index >= 15 is 0 Å². The molecule has 3 aliphatic rings. The van der Waals surface area contributed by atoms with E-state index in [1.165, 1.54) is 15.9 Å². The van der Waals surface area contributed by atoms with Gasteiger partial charge in [0.2, 0.25) is 11.8 Å². The van der Waals surface area contributed by atoms with Crippen LogP contribution in [0.5, 0.6) is 0 Å². The number of benzene rings is 1. The summed E-state index contributed by atoms with van der Waals surface area (Å²) in [6.07, 6.45) is 1.50. The van der Waals surface area contributed by atoms with Crippen molar-refractivity contribution < 1.29 is 29.1 Å². The number of nitrogens with one attached hydrogen (secondary N) is 1. The summed E-state index contributed by atoms with van der Waals surface area (Å²) < 4.78 is 0. The number of likely N-dealkylation sites (tertiary alicyclic amines) is 1. The highest BCUT2D eigenvalue weighted by atomic mass is 16.4. The maximum Gasteiger partial charge on any atom is 0.326 e. The standard InChI is InChI=1S/C19H19N3O6/c23-15-6-5-13(16(24)20-15)22-9-11-8-10(3-4-12(11)18(22)26)17(25)21-7-1-2-14(21)19(27)28/h3-4,8,13-14H,1-2,5-7,9H2,(H,27,28)(H,20,23,24)/t13?,14-/m0/s1. The molecule has 1 aromatic rings. The van der Waals surface area contributed by atoms with E-state index in [0.717, 1.165) is 0 Å². The van der Waals surface area contributed by atoms with E-state index in [4.69, 9.17) is 0 Å². The predicted molar refractivity (Wildman–Crippen MR) is 94.2 cm³/mol. The van der Waals surface area contributed by atoms with Gasteiger partial charge in [-0.2, -0.15) is 0 Å². The fourth-order valence-electron chi connectivity index (χ4n) is 4.14. The minimum Gasteiger partial charge on any atom is -0.480 e. The molecule has 0 aliphatic carbocycles. The minimum absolute atomic E-state index is 0.171. The normalized spacial score (nSPS) is 24.4. The molecule has 9 heteroatoms. The van der Waals surface area contributed by atoms with Crippen molar-refractivity contribution in [3.63, 3.8) is 0 Å². The van der Waals surface area contributed by atoms with Crippen molar-refractivity contribution in [2.75, 3.05) is 6.54 Å². The Morgan fingerprint density at radius 1 is 1.14 bits per heavy atom. The molecule has 2 fully saturated rings. The van der Waals surface area contributed by atoms with Gasteiger partial charge in [-0.25, -0.2) is 4.79 Å². The molecule has 0 radical (unpaired) electrons. The maximum atomic E-state index is 12.8. The first-order valence-corrected chi connectivity index (χ1v) is 9.18. The number of aliphatic carboxylic acids is 1. The summed E-state index contributed by atoms with van der Waals surface area (Å²) in [5.74, 6) is -2.55. The van der Waals surface area contributed by atoms with Crippen LogP contribution in [-0.2, 0) is 20.9 Å². The van der Waals surface area contributed by atoms with Crippen molar-refractivity contribution in [1.29, 1.82) is 0 Å². The Labute approximate surface area is 160 Å². The number of hydrogen-bond donors (Lipinski definition) is 2. The predicted octanol–water partition coefficient (Wildman–Crippen LogP) is 0.137. The molecule has 0 spiro atoms. The van der Waals surface area contributed by atoms with Gasteiger partial charge in [-0.3, -0.25) is 24.5 Å². The fourth-order valence-corrected chi connectivity index (χ4v) is 4.14. The van der Waals surface area contributed by atoms with Gasteiger partial charge in [-0.15, -0.1) is 0 Å². The molecule has 1 aromatic carbocycles. The molecule has 3 aliphatic heterocycles. The highest BCUT2D eigenvalue weighted by molar-refractivity contribution is 6.06. The molecule has 2 saturated heterocycles. The molecule has 0 aromatic heterocycles. The zero-order chi connectivity index (χ0) is 20.0. The number of fused-ring (bicyclic) bond motifs is 1. The summed E-state index contributed by atoms with van der Waals surface area (Å²) >= 11 is 0. The van der Waals surface area contributed by atoms with Crippen LogP contribution in [0.4, 0.5) is 0 Å². The topological polar surface area (TPSA) is 124 Å². The van der Waals surface area contributed by atoms with Gasteiger partial charge in [0.15, 0.2) is 0 Å². The van der Waals surface area contributed by atoms with Gasteiger partial charge >= 0.3 is 5.97 Å². The first-order chi connectivity index (χ1) is 13.4. The number of amides is 4. The lowest BCUT2D eigenvalue weighted by Gasteiger charge is -2.29. The van der Waals surface area contributed by atoms with E-state index < -0.39 is 24.0 Å². The van der Waals surface area contributed by atoms with Crippen LogP contribution in [0.25, 0.3) is 0 Å². The van der Waals surface area contributed by atoms with Gasteiger partial charge in [0.05, 0.1) is 0 Å². The largest absolute Gasteiger partial charge is 0.480 e. The molecule has 4 rings (SSSR count). The third-order valence-corrected chi connectivity index (χ3v) is 5.57. The first kappa shape index (κ1) is 18.1. The Balaban J connectivity index is 1.56. The smallest absolute Gasteiger partial charge is 0.326 e. The summed E-state index contributed by atoms with van der Waals surface area (Å²) in [5, 5.41) is 11.5. The Morgan fingerprint density at radius 3 is 2.64 bits per heavy atom. The van der Waals surface area contributed by atoms with Gasteiger partial charge in [-0.1, -0.05) is 0 Å². The molecule has 3 heterocycles. The van der Waals surface area contributed by atoms with Gasteiger partial charge in [0.25, 0.3) is 11.8 Å². The number of carbonyl (C=O) groups excluding carboxylic acids is 4. The van der Waals surface area contributed by atoms with Crippen LogP contribution >= 0.6 is 0 Å². The number of carbonyl (C=O) groups is 5. The third kappa shape index (κ3) is 2.92. The Bertz CT molecular complexity index is 911. The van der Waals surface area contributed by atoms with Crippen LogP contribution in [-0.4, -0.2) is 63.1 Å². The second-order valence-electron chi connectivity index (χ2n) is 7.27. The van der Waals surface area contributed by atoms with Gasteiger partial charge in [0.1, 0.15) is 12.1 Å². The first-order valence-electron chi connectivity index (χ1n) is 9.18. The zero-order valence-electron chi connectivity index (χ0n) is 15.0. The zero-order valence-corrected chi connectivity index (χ0v) is 15.0. The molecule has 2 N–H and O–H groups in total. The number of piperidine rings is 1. The van der Waals surface area contributed by atoms with Crippen molar-refractivity contribution in [1.82, 2.24) is 15.1 Å². The average Bonchev–Trinajstić information content (AvgIpc) is 3.26. The molecule has 4 amide bonds. The number of carboxylic acid groups (broad SMARTS) is 1. The number of nitrogens with zero attached hydrogens (tertiary/aromatic N) is 2. The SMILES string of the molecule is O=C1CCC(N2Cc3cc(C(=O)N4CCC[C@H]4C(=O)O)ccc3C2=O)C(=O)N1. The Kier molecular flexibility index (Phi) is 4.37. The van der Waals surface area contributed by atoms with E-state index in [-0.39, 0.29) is 37.1 Å². The van der Waals surface area contributed by atoms with Crippen molar-refractivity contribution in [3.8, 4) is 0 Å². The molecule has 146 valence electrons. The second-order valence-corrected chi connectivity index (χ2v) is 7.27.